The van der Waals surface area contributed by atoms with Crippen LogP contribution < -0.4 is 56.5 Å². The first-order chi connectivity index (χ1) is 11.1. The first-order valence-corrected chi connectivity index (χ1v) is 8.21. The molecule has 1 heterocycles. The number of aliphatic hydroxyl groups excluding tert-OH is 1. The summed E-state index contributed by atoms with van der Waals surface area (Å²) in [5, 5.41) is 24.3. The Morgan fingerprint density at radius 1 is 1.21 bits per heavy atom. The Kier molecular flexibility index (Phi) is 5.52. The summed E-state index contributed by atoms with van der Waals surface area (Å²) in [6, 6.07) is 12.7. The molecule has 1 N–H and O–H groups in total. The van der Waals surface area contributed by atoms with E-state index in [-0.39, 0.29) is 56.8 Å². The molecule has 2 fully saturated rings. The molecule has 4 nitrogen and oxygen atoms in total. The third kappa shape index (κ3) is 3.01. The van der Waals surface area contributed by atoms with E-state index in [0.29, 0.717) is 13.1 Å². The molecule has 2 aromatic carbocycles. The first-order valence-electron chi connectivity index (χ1n) is 8.21. The van der Waals surface area contributed by atoms with E-state index in [1.165, 1.54) is 0 Å². The molecule has 2 aliphatic rings. The molecule has 2 aromatic rings. The number of rotatable bonds is 3. The Bertz CT molecular complexity index is 754. The van der Waals surface area contributed by atoms with Crippen LogP contribution in [-0.4, -0.2) is 35.2 Å². The number of hydrogen-bond donors (Lipinski definition) is 1. The van der Waals surface area contributed by atoms with Crippen molar-refractivity contribution in [1.82, 2.24) is 4.90 Å². The summed E-state index contributed by atoms with van der Waals surface area (Å²) in [7, 11) is 0. The number of nitrogens with zero attached hydrogens (tertiary/aromatic N) is 1. The number of β-amino-alcohol motifs (C(OH)–C–C–N with tert-alkyl or cyclic N) is 1. The Hall–Kier alpha value is -0.274. The number of likely N-dealkylation sites (tertiary alicyclic amines) is 1. The maximum Gasteiger partial charge on any atom is 1.00 e. The van der Waals surface area contributed by atoms with Gasteiger partial charge >= 0.3 is 51.4 Å². The van der Waals surface area contributed by atoms with Gasteiger partial charge in [0.05, 0.1) is 18.1 Å². The zero-order valence-corrected chi connectivity index (χ0v) is 17.1. The summed E-state index contributed by atoms with van der Waals surface area (Å²) >= 11 is 0. The number of carbonyl (C=O) groups excluding carboxylic acids is 1. The van der Waals surface area contributed by atoms with Gasteiger partial charge in [-0.25, -0.2) is 0 Å². The van der Waals surface area contributed by atoms with Crippen molar-refractivity contribution in [3.8, 4) is 0 Å². The van der Waals surface area contributed by atoms with E-state index in [0.717, 1.165) is 35.6 Å². The third-order valence-electron chi connectivity index (χ3n) is 5.69. The van der Waals surface area contributed by atoms with E-state index < -0.39 is 18.1 Å². The maximum atomic E-state index is 11.9. The summed E-state index contributed by atoms with van der Waals surface area (Å²) in [6.07, 6.45) is 2.66. The molecule has 120 valence electrons. The number of carboxylic acid groups (broad SMARTS) is 1. The smallest absolute Gasteiger partial charge is 0.548 e. The van der Waals surface area contributed by atoms with Gasteiger partial charge < -0.3 is 15.0 Å². The average Bonchev–Trinajstić information content (AvgIpc) is 2.85. The van der Waals surface area contributed by atoms with Crippen molar-refractivity contribution in [1.29, 1.82) is 0 Å². The first kappa shape index (κ1) is 18.5. The van der Waals surface area contributed by atoms with E-state index in [2.05, 4.69) is 0 Å². The summed E-state index contributed by atoms with van der Waals surface area (Å²) in [4.78, 5) is 13.8. The topological polar surface area (TPSA) is 63.6 Å². The van der Waals surface area contributed by atoms with E-state index >= 15 is 0 Å². The van der Waals surface area contributed by atoms with Gasteiger partial charge in [-0.1, -0.05) is 48.9 Å². The summed E-state index contributed by atoms with van der Waals surface area (Å²) in [5.41, 5.74) is 0.657. The molecule has 0 amide bonds. The number of fused-ring (bicyclic) bond motifs is 1. The number of carboxylic acids is 1. The maximum absolute atomic E-state index is 11.9. The standard InChI is InChI=1S/C19H21NO3.K/c21-16-11-20(12-19(16)9-4-10-19)17(18(22)23)15-8-3-6-13-5-1-2-7-14(13)15;/h1-3,5-8,16-17,21H,4,9-12H2,(H,22,23);/q;+1/p-1. The molecule has 0 bridgehead atoms. The van der Waals surface area contributed by atoms with Gasteiger partial charge in [0.15, 0.2) is 0 Å². The molecule has 5 heteroatoms. The Balaban J connectivity index is 0.00000169. The van der Waals surface area contributed by atoms with Crippen LogP contribution in [0.15, 0.2) is 42.5 Å². The zero-order chi connectivity index (χ0) is 16.0. The van der Waals surface area contributed by atoms with Crippen LogP contribution in [0.1, 0.15) is 30.9 Å². The summed E-state index contributed by atoms with van der Waals surface area (Å²) in [5.74, 6) is -1.09. The molecule has 2 unspecified atom stereocenters. The van der Waals surface area contributed by atoms with Crippen molar-refractivity contribution in [2.75, 3.05) is 13.1 Å². The van der Waals surface area contributed by atoms with Gasteiger partial charge in [0.1, 0.15) is 0 Å². The molecule has 1 aliphatic carbocycles. The Morgan fingerprint density at radius 3 is 2.54 bits per heavy atom. The molecular formula is C19H20KNO3. The van der Waals surface area contributed by atoms with Crippen molar-refractivity contribution in [2.24, 2.45) is 5.41 Å². The zero-order valence-electron chi connectivity index (χ0n) is 13.9. The van der Waals surface area contributed by atoms with E-state index in [4.69, 9.17) is 0 Å². The predicted octanol–water partition coefficient (Wildman–Crippen LogP) is -1.52. The molecule has 1 saturated carbocycles. The molecule has 0 aromatic heterocycles. The number of hydrogen-bond acceptors (Lipinski definition) is 4. The molecule has 24 heavy (non-hydrogen) atoms. The van der Waals surface area contributed by atoms with Crippen LogP contribution in [0.25, 0.3) is 10.8 Å². The molecule has 1 aliphatic heterocycles. The molecule has 4 rings (SSSR count). The van der Waals surface area contributed by atoms with Gasteiger partial charge in [-0.05, 0) is 29.2 Å². The van der Waals surface area contributed by atoms with Crippen LogP contribution in [0, 0.1) is 5.41 Å². The van der Waals surface area contributed by atoms with E-state index in [9.17, 15) is 15.0 Å². The molecular weight excluding hydrogens is 329 g/mol. The van der Waals surface area contributed by atoms with Gasteiger partial charge in [0.2, 0.25) is 0 Å². The van der Waals surface area contributed by atoms with Crippen molar-refractivity contribution in [2.45, 2.75) is 31.4 Å². The predicted molar refractivity (Wildman–Crippen MR) is 85.6 cm³/mol. The number of aliphatic hydroxyl groups is 1. The van der Waals surface area contributed by atoms with Gasteiger partial charge in [0, 0.05) is 18.5 Å². The van der Waals surface area contributed by atoms with Crippen LogP contribution in [0.2, 0.25) is 0 Å². The number of benzene rings is 2. The van der Waals surface area contributed by atoms with Crippen LogP contribution in [-0.2, 0) is 4.79 Å². The van der Waals surface area contributed by atoms with Crippen LogP contribution in [0.3, 0.4) is 0 Å². The van der Waals surface area contributed by atoms with E-state index in [1.807, 2.05) is 47.4 Å². The van der Waals surface area contributed by atoms with E-state index in [1.54, 1.807) is 0 Å². The second kappa shape index (κ2) is 7.15. The normalized spacial score (nSPS) is 23.6. The van der Waals surface area contributed by atoms with Crippen molar-refractivity contribution in [3.63, 3.8) is 0 Å². The van der Waals surface area contributed by atoms with Crippen LogP contribution in [0.4, 0.5) is 0 Å². The monoisotopic (exact) mass is 349 g/mol. The number of carbonyl (C=O) groups is 1. The molecule has 1 saturated heterocycles. The second-order valence-electron chi connectivity index (χ2n) is 6.95. The second-order valence-corrected chi connectivity index (χ2v) is 6.95. The largest absolute Gasteiger partial charge is 1.00 e. The van der Waals surface area contributed by atoms with Crippen molar-refractivity contribution in [3.05, 3.63) is 48.0 Å². The van der Waals surface area contributed by atoms with Gasteiger partial charge in [0.25, 0.3) is 0 Å². The van der Waals surface area contributed by atoms with Gasteiger partial charge in [-0.15, -0.1) is 0 Å². The molecule has 1 spiro atoms. The fourth-order valence-corrected chi connectivity index (χ4v) is 4.27. The van der Waals surface area contributed by atoms with Crippen molar-refractivity contribution >= 4 is 16.7 Å². The Labute approximate surface area is 184 Å². The third-order valence-corrected chi connectivity index (χ3v) is 5.69. The molecule has 0 radical (unpaired) electrons. The summed E-state index contributed by atoms with van der Waals surface area (Å²) in [6.45, 7) is 1.04. The number of aliphatic carboxylic acids is 1. The quantitative estimate of drug-likeness (QED) is 0.684. The minimum Gasteiger partial charge on any atom is -0.548 e. The minimum absolute atomic E-state index is 0. The van der Waals surface area contributed by atoms with Crippen LogP contribution in [0.5, 0.6) is 0 Å². The Morgan fingerprint density at radius 2 is 1.92 bits per heavy atom. The van der Waals surface area contributed by atoms with Gasteiger partial charge in [-0.2, -0.15) is 0 Å². The van der Waals surface area contributed by atoms with Gasteiger partial charge in [-0.3, -0.25) is 4.90 Å². The summed E-state index contributed by atoms with van der Waals surface area (Å²) < 4.78 is 0. The molecule has 2 atom stereocenters. The fraction of sp³-hybridized carbons (Fsp3) is 0.421. The fourth-order valence-electron chi connectivity index (χ4n) is 4.27. The average molecular weight is 349 g/mol. The van der Waals surface area contributed by atoms with Crippen LogP contribution >= 0.6 is 0 Å². The van der Waals surface area contributed by atoms with Crippen molar-refractivity contribution < 1.29 is 66.4 Å². The minimum atomic E-state index is -1.09. The SMILES string of the molecule is O=C([O-])C(c1cccc2ccccc12)N1CC(O)C2(CCC2)C1.[K+].